The number of nitrogens with two attached hydrogens (primary N) is 1. The van der Waals surface area contributed by atoms with Gasteiger partial charge >= 0.3 is 0 Å². The van der Waals surface area contributed by atoms with E-state index in [4.69, 9.17) is 19.9 Å². The molecule has 0 spiro atoms. The highest BCUT2D eigenvalue weighted by molar-refractivity contribution is 5.78. The highest BCUT2D eigenvalue weighted by Gasteiger charge is 2.23. The smallest absolute Gasteiger partial charge is 0.224 e. The Hall–Kier alpha value is -2.61. The van der Waals surface area contributed by atoms with Crippen LogP contribution in [0.25, 0.3) is 0 Å². The van der Waals surface area contributed by atoms with E-state index in [-0.39, 0.29) is 24.8 Å². The van der Waals surface area contributed by atoms with Crippen molar-refractivity contribution in [2.75, 3.05) is 34.0 Å². The van der Waals surface area contributed by atoms with Crippen LogP contribution < -0.4 is 20.5 Å². The molecule has 7 nitrogen and oxygen atoms in total. The van der Waals surface area contributed by atoms with Gasteiger partial charge in [-0.1, -0.05) is 50.2 Å². The Morgan fingerprint density at radius 2 is 1.77 bits per heavy atom. The first-order valence-electron chi connectivity index (χ1n) is 12.4. The number of benzene rings is 2. The lowest BCUT2D eigenvalue weighted by atomic mass is 9.83. The van der Waals surface area contributed by atoms with E-state index in [0.29, 0.717) is 37.1 Å². The third kappa shape index (κ3) is 10.3. The predicted octanol–water partition coefficient (Wildman–Crippen LogP) is 3.36. The van der Waals surface area contributed by atoms with Gasteiger partial charge < -0.3 is 30.4 Å². The topological polar surface area (TPSA) is 103 Å². The molecule has 7 heteroatoms. The average molecular weight is 487 g/mol. The Morgan fingerprint density at radius 3 is 2.43 bits per heavy atom. The van der Waals surface area contributed by atoms with Gasteiger partial charge in [0.05, 0.1) is 26.2 Å². The Morgan fingerprint density at radius 1 is 1.03 bits per heavy atom. The summed E-state index contributed by atoms with van der Waals surface area (Å²) in [7, 11) is 3.31. The number of carbonyl (C=O) groups excluding carboxylic acids is 1. The van der Waals surface area contributed by atoms with Gasteiger partial charge in [0.25, 0.3) is 0 Å². The van der Waals surface area contributed by atoms with Gasteiger partial charge in [0.1, 0.15) is 0 Å². The molecular weight excluding hydrogens is 444 g/mol. The van der Waals surface area contributed by atoms with E-state index in [2.05, 4.69) is 19.2 Å². The molecule has 2 aromatic carbocycles. The van der Waals surface area contributed by atoms with Crippen molar-refractivity contribution >= 4 is 5.91 Å². The number of carbonyl (C=O) groups is 1. The molecule has 194 valence electrons. The fourth-order valence-electron chi connectivity index (χ4n) is 3.96. The van der Waals surface area contributed by atoms with Gasteiger partial charge in [-0.15, -0.1) is 0 Å². The van der Waals surface area contributed by atoms with E-state index < -0.39 is 12.1 Å². The van der Waals surface area contributed by atoms with Crippen LogP contribution in [0.5, 0.6) is 11.5 Å². The minimum Gasteiger partial charge on any atom is -0.493 e. The molecule has 0 aromatic heterocycles. The quantitative estimate of drug-likeness (QED) is 0.315. The van der Waals surface area contributed by atoms with Gasteiger partial charge in [-0.05, 0) is 47.9 Å². The zero-order valence-corrected chi connectivity index (χ0v) is 21.5. The molecule has 0 aliphatic heterocycles. The summed E-state index contributed by atoms with van der Waals surface area (Å²) in [4.78, 5) is 12.2. The highest BCUT2D eigenvalue weighted by Crippen LogP contribution is 2.31. The molecule has 0 heterocycles. The fourth-order valence-corrected chi connectivity index (χ4v) is 3.96. The van der Waals surface area contributed by atoms with E-state index in [9.17, 15) is 9.90 Å². The van der Waals surface area contributed by atoms with E-state index in [1.54, 1.807) is 14.2 Å². The lowest BCUT2D eigenvalue weighted by Crippen LogP contribution is -2.45. The molecule has 4 N–H and O–H groups in total. The molecule has 0 unspecified atom stereocenters. The van der Waals surface area contributed by atoms with Crippen molar-refractivity contribution in [3.05, 3.63) is 59.7 Å². The second-order valence-electron chi connectivity index (χ2n) is 9.32. The minimum atomic E-state index is -0.813. The molecule has 3 atom stereocenters. The van der Waals surface area contributed by atoms with Crippen molar-refractivity contribution in [1.29, 1.82) is 0 Å². The summed E-state index contributed by atoms with van der Waals surface area (Å²) in [6.07, 6.45) is 1.71. The highest BCUT2D eigenvalue weighted by atomic mass is 16.5. The maximum Gasteiger partial charge on any atom is 0.224 e. The van der Waals surface area contributed by atoms with Crippen LogP contribution >= 0.6 is 0 Å². The van der Waals surface area contributed by atoms with Crippen LogP contribution in [0.15, 0.2) is 48.5 Å². The second-order valence-corrected chi connectivity index (χ2v) is 9.32. The Kier molecular flexibility index (Phi) is 12.6. The number of hydrogen-bond donors (Lipinski definition) is 3. The molecule has 1 amide bonds. The standard InChI is InChI=1S/C28H42N2O5/c1-20(2)23(15-22-11-12-26(34-4)27(16-22)35-14-8-13-33-3)18-24(29)25(31)19-30-28(32)17-21-9-6-5-7-10-21/h5-7,9-12,16,20,23-25,31H,8,13-15,17-19,29H2,1-4H3,(H,30,32)/t23-,24-,25-/m0/s1. The first-order valence-corrected chi connectivity index (χ1v) is 12.4. The number of amides is 1. The normalized spacial score (nSPS) is 13.8. The summed E-state index contributed by atoms with van der Waals surface area (Å²) >= 11 is 0. The fraction of sp³-hybridized carbons (Fsp3) is 0.536. The van der Waals surface area contributed by atoms with Crippen molar-refractivity contribution in [2.24, 2.45) is 17.6 Å². The molecule has 0 bridgehead atoms. The Balaban J connectivity index is 1.91. The van der Waals surface area contributed by atoms with Gasteiger partial charge in [0.15, 0.2) is 11.5 Å². The van der Waals surface area contributed by atoms with Gasteiger partial charge in [-0.2, -0.15) is 0 Å². The number of aliphatic hydroxyl groups excluding tert-OH is 1. The lowest BCUT2D eigenvalue weighted by Gasteiger charge is -2.27. The molecule has 2 rings (SSSR count). The van der Waals surface area contributed by atoms with Crippen LogP contribution in [0.1, 0.15) is 37.8 Å². The number of rotatable bonds is 16. The number of aliphatic hydroxyl groups is 1. The summed E-state index contributed by atoms with van der Waals surface area (Å²) in [5.74, 6) is 1.92. The molecule has 0 saturated carbocycles. The van der Waals surface area contributed by atoms with Crippen LogP contribution in [-0.4, -0.2) is 57.1 Å². The molecular formula is C28H42N2O5. The lowest BCUT2D eigenvalue weighted by molar-refractivity contribution is -0.121. The second kappa shape index (κ2) is 15.4. The Bertz CT molecular complexity index is 875. The molecule has 0 radical (unpaired) electrons. The maximum atomic E-state index is 12.2. The summed E-state index contributed by atoms with van der Waals surface area (Å²) in [6, 6.07) is 15.1. The van der Waals surface area contributed by atoms with Crippen LogP contribution in [-0.2, 0) is 22.4 Å². The molecule has 0 aliphatic carbocycles. The summed E-state index contributed by atoms with van der Waals surface area (Å²) < 4.78 is 16.5. The monoisotopic (exact) mass is 486 g/mol. The van der Waals surface area contributed by atoms with Crippen molar-refractivity contribution in [1.82, 2.24) is 5.32 Å². The summed E-state index contributed by atoms with van der Waals surface area (Å²) in [6.45, 7) is 5.66. The average Bonchev–Trinajstić information content (AvgIpc) is 2.85. The first-order chi connectivity index (χ1) is 16.8. The zero-order valence-electron chi connectivity index (χ0n) is 21.5. The SMILES string of the molecule is COCCCOc1cc(C[C@@H](C[C@H](N)[C@@H](O)CNC(=O)Cc2ccccc2)C(C)C)ccc1OC. The Labute approximate surface area is 210 Å². The van der Waals surface area contributed by atoms with Gasteiger partial charge in [-0.3, -0.25) is 4.79 Å². The number of hydrogen-bond acceptors (Lipinski definition) is 6. The van der Waals surface area contributed by atoms with Gasteiger partial charge in [0, 0.05) is 32.7 Å². The van der Waals surface area contributed by atoms with Gasteiger partial charge in [0.2, 0.25) is 5.91 Å². The van der Waals surface area contributed by atoms with E-state index in [0.717, 1.165) is 24.0 Å². The summed E-state index contributed by atoms with van der Waals surface area (Å²) in [5.41, 5.74) is 8.42. The minimum absolute atomic E-state index is 0.126. The third-order valence-electron chi connectivity index (χ3n) is 6.20. The van der Waals surface area contributed by atoms with Crippen LogP contribution in [0.3, 0.4) is 0 Å². The van der Waals surface area contributed by atoms with Crippen molar-refractivity contribution in [3.63, 3.8) is 0 Å². The predicted molar refractivity (Wildman–Crippen MR) is 139 cm³/mol. The van der Waals surface area contributed by atoms with Crippen molar-refractivity contribution in [3.8, 4) is 11.5 Å². The maximum absolute atomic E-state index is 12.2. The first kappa shape index (κ1) is 28.6. The van der Waals surface area contributed by atoms with Gasteiger partial charge in [-0.25, -0.2) is 0 Å². The third-order valence-corrected chi connectivity index (χ3v) is 6.20. The van der Waals surface area contributed by atoms with Crippen LogP contribution in [0.4, 0.5) is 0 Å². The van der Waals surface area contributed by atoms with Crippen LogP contribution in [0.2, 0.25) is 0 Å². The van der Waals surface area contributed by atoms with E-state index in [1.807, 2.05) is 48.5 Å². The molecule has 0 fully saturated rings. The van der Waals surface area contributed by atoms with E-state index >= 15 is 0 Å². The largest absolute Gasteiger partial charge is 0.493 e. The number of nitrogens with one attached hydrogen (secondary N) is 1. The zero-order chi connectivity index (χ0) is 25.6. The van der Waals surface area contributed by atoms with Crippen molar-refractivity contribution in [2.45, 2.75) is 51.7 Å². The molecule has 0 aliphatic rings. The molecule has 35 heavy (non-hydrogen) atoms. The number of methoxy groups -OCH3 is 2. The van der Waals surface area contributed by atoms with Crippen LogP contribution in [0, 0.1) is 11.8 Å². The van der Waals surface area contributed by atoms with E-state index in [1.165, 1.54) is 0 Å². The molecule has 2 aromatic rings. The molecule has 0 saturated heterocycles. The van der Waals surface area contributed by atoms with Crippen molar-refractivity contribution < 1.29 is 24.1 Å². The number of ether oxygens (including phenoxy) is 3. The summed E-state index contributed by atoms with van der Waals surface area (Å²) in [5, 5.41) is 13.4.